The lowest BCUT2D eigenvalue weighted by Gasteiger charge is -2.31. The van der Waals surface area contributed by atoms with E-state index in [0.29, 0.717) is 6.54 Å². The molecule has 0 aliphatic heterocycles. The molecule has 1 atom stereocenters. The fraction of sp³-hybridized carbons (Fsp3) is 0.0727. The van der Waals surface area contributed by atoms with E-state index in [2.05, 4.69) is 158 Å². The van der Waals surface area contributed by atoms with Gasteiger partial charge in [0, 0.05) is 16.3 Å². The largest absolute Gasteiger partial charge is 0.456 e. The smallest absolute Gasteiger partial charge is 0.140 e. The lowest BCUT2D eigenvalue weighted by Crippen LogP contribution is -2.34. The Hall–Kier alpha value is -7.07. The molecule has 2 aliphatic rings. The van der Waals surface area contributed by atoms with E-state index in [0.717, 1.165) is 38.6 Å². The Morgan fingerprint density at radius 3 is 1.86 bits per heavy atom. The van der Waals surface area contributed by atoms with Gasteiger partial charge >= 0.3 is 0 Å². The molecule has 0 bridgehead atoms. The number of aliphatic imine (C=N–C) groups is 1. The van der Waals surface area contributed by atoms with Gasteiger partial charge in [0.2, 0.25) is 0 Å². The first kappa shape index (κ1) is 34.2. The van der Waals surface area contributed by atoms with E-state index in [9.17, 15) is 0 Å². The first-order chi connectivity index (χ1) is 28.5. The lowest BCUT2D eigenvalue weighted by atomic mass is 9.70. The molecule has 1 spiro atoms. The second kappa shape index (κ2) is 13.0. The van der Waals surface area contributed by atoms with Crippen molar-refractivity contribution >= 4 is 50.2 Å². The summed E-state index contributed by atoms with van der Waals surface area (Å²) in [7, 11) is 0. The van der Waals surface area contributed by atoms with Gasteiger partial charge in [0.25, 0.3) is 0 Å². The minimum atomic E-state index is -0.553. The van der Waals surface area contributed by atoms with Crippen molar-refractivity contribution in [2.45, 2.75) is 24.4 Å². The van der Waals surface area contributed by atoms with E-state index < -0.39 is 5.54 Å². The normalized spacial score (nSPS) is 14.1. The number of para-hydroxylation sites is 2. The number of furan rings is 1. The second-order valence-corrected chi connectivity index (χ2v) is 15.8. The highest BCUT2D eigenvalue weighted by Gasteiger charge is 2.50. The lowest BCUT2D eigenvalue weighted by molar-refractivity contribution is 0.603. The number of benzene rings is 9. The van der Waals surface area contributed by atoms with Crippen LogP contribution in [-0.4, -0.2) is 6.72 Å². The molecule has 0 saturated heterocycles. The van der Waals surface area contributed by atoms with Gasteiger partial charge in [-0.2, -0.15) is 0 Å². The van der Waals surface area contributed by atoms with Crippen LogP contribution in [-0.2, 0) is 17.5 Å². The maximum Gasteiger partial charge on any atom is 0.140 e. The minimum absolute atomic E-state index is 0.311. The van der Waals surface area contributed by atoms with Gasteiger partial charge < -0.3 is 10.2 Å². The van der Waals surface area contributed by atoms with Crippen LogP contribution in [0.3, 0.4) is 0 Å². The fourth-order valence-electron chi connectivity index (χ4n) is 9.98. The van der Waals surface area contributed by atoms with Gasteiger partial charge in [0.15, 0.2) is 0 Å². The second-order valence-electron chi connectivity index (χ2n) is 15.8. The van der Waals surface area contributed by atoms with E-state index in [1.165, 1.54) is 66.1 Å². The Morgan fingerprint density at radius 1 is 0.534 bits per heavy atom. The molecular formula is C55H40N2O. The molecule has 3 nitrogen and oxygen atoms in total. The quantitative estimate of drug-likeness (QED) is 0.141. The Labute approximate surface area is 337 Å². The standard InChI is InChI=1S/C41H29N.C14H11NO/c1-40(42,30-11-3-2-4-12-30)31-22-19-26(20-23-31)29-21-24-35-33(25-29)32-13-5-6-14-34(32)41(35)36-15-7-9-27-17-18-28-10-8-16-37(41)39(28)38(27)36;1-15-9-10-5-4-7-12-11-6-2-3-8-13(11)16-14(10)12/h2-25H,42H2,1H3;2-8H,1,9H2. The molecular weight excluding hydrogens is 705 g/mol. The number of hydrogen-bond donors (Lipinski definition) is 1. The van der Waals surface area contributed by atoms with Gasteiger partial charge in [-0.3, -0.25) is 4.99 Å². The summed E-state index contributed by atoms with van der Waals surface area (Å²) in [6, 6.07) is 67.7. The average Bonchev–Trinajstić information content (AvgIpc) is 3.92. The Balaban J connectivity index is 0.000000201. The summed E-state index contributed by atoms with van der Waals surface area (Å²) in [6.45, 7) is 6.21. The Kier molecular flexibility index (Phi) is 7.66. The van der Waals surface area contributed by atoms with Gasteiger partial charge in [-0.25, -0.2) is 0 Å². The third-order valence-corrected chi connectivity index (χ3v) is 12.7. The molecule has 1 unspecified atom stereocenters. The summed E-state index contributed by atoms with van der Waals surface area (Å²) in [4.78, 5) is 3.92. The number of fused-ring (bicyclic) bond motifs is 10. The van der Waals surface area contributed by atoms with Gasteiger partial charge in [0.05, 0.1) is 17.5 Å². The van der Waals surface area contributed by atoms with Crippen molar-refractivity contribution in [3.8, 4) is 22.3 Å². The van der Waals surface area contributed by atoms with Gasteiger partial charge in [-0.15, -0.1) is 0 Å². The third-order valence-electron chi connectivity index (χ3n) is 12.7. The molecule has 276 valence electrons. The predicted octanol–water partition coefficient (Wildman–Crippen LogP) is 13.3. The van der Waals surface area contributed by atoms with E-state index in [1.807, 2.05) is 48.5 Å². The topological polar surface area (TPSA) is 51.5 Å². The minimum Gasteiger partial charge on any atom is -0.456 e. The molecule has 0 amide bonds. The zero-order chi connectivity index (χ0) is 39.0. The summed E-state index contributed by atoms with van der Waals surface area (Å²) >= 11 is 0. The average molecular weight is 745 g/mol. The first-order valence-electron chi connectivity index (χ1n) is 20.0. The molecule has 2 aliphatic carbocycles. The van der Waals surface area contributed by atoms with Gasteiger partial charge in [-0.1, -0.05) is 176 Å². The molecule has 9 aromatic carbocycles. The molecule has 3 heteroatoms. The molecule has 0 radical (unpaired) electrons. The van der Waals surface area contributed by atoms with Crippen molar-refractivity contribution in [3.05, 3.63) is 227 Å². The van der Waals surface area contributed by atoms with E-state index in [4.69, 9.17) is 10.2 Å². The van der Waals surface area contributed by atoms with Crippen LogP contribution in [0.15, 0.2) is 197 Å². The van der Waals surface area contributed by atoms with E-state index >= 15 is 0 Å². The maximum absolute atomic E-state index is 6.84. The van der Waals surface area contributed by atoms with Crippen LogP contribution in [0.1, 0.15) is 45.9 Å². The SMILES string of the molecule is C=NCc1cccc2c1oc1ccccc12.CC(N)(c1ccccc1)c1ccc(-c2ccc3c(c2)-c2ccccc2C32c3cccc4ccc5cccc2c5c34)cc1. The molecule has 58 heavy (non-hydrogen) atoms. The molecule has 10 aromatic rings. The van der Waals surface area contributed by atoms with Crippen LogP contribution in [0.4, 0.5) is 0 Å². The number of nitrogens with two attached hydrogens (primary N) is 1. The van der Waals surface area contributed by atoms with Crippen LogP contribution in [0.25, 0.3) is 65.7 Å². The summed E-state index contributed by atoms with van der Waals surface area (Å²) < 4.78 is 5.85. The van der Waals surface area contributed by atoms with Crippen molar-refractivity contribution in [2.75, 3.05) is 0 Å². The van der Waals surface area contributed by atoms with Crippen LogP contribution >= 0.6 is 0 Å². The summed E-state index contributed by atoms with van der Waals surface area (Å²) in [5.41, 5.74) is 21.7. The van der Waals surface area contributed by atoms with Crippen LogP contribution < -0.4 is 5.73 Å². The monoisotopic (exact) mass is 744 g/mol. The highest BCUT2D eigenvalue weighted by Crippen LogP contribution is 2.62. The highest BCUT2D eigenvalue weighted by molar-refractivity contribution is 6.17. The van der Waals surface area contributed by atoms with Crippen LogP contribution in [0.5, 0.6) is 0 Å². The summed E-state index contributed by atoms with van der Waals surface area (Å²) in [5.74, 6) is 0. The van der Waals surface area contributed by atoms with Crippen molar-refractivity contribution in [3.63, 3.8) is 0 Å². The Bertz CT molecular complexity index is 3180. The van der Waals surface area contributed by atoms with E-state index in [-0.39, 0.29) is 5.41 Å². The van der Waals surface area contributed by atoms with Crippen LogP contribution in [0.2, 0.25) is 0 Å². The van der Waals surface area contributed by atoms with Crippen molar-refractivity contribution < 1.29 is 4.42 Å². The summed E-state index contributed by atoms with van der Waals surface area (Å²) in [5, 5.41) is 7.73. The fourth-order valence-corrected chi connectivity index (χ4v) is 9.98. The summed E-state index contributed by atoms with van der Waals surface area (Å²) in [6.07, 6.45) is 0. The molecule has 0 saturated carbocycles. The predicted molar refractivity (Wildman–Crippen MR) is 242 cm³/mol. The number of hydrogen-bond acceptors (Lipinski definition) is 3. The molecule has 2 N–H and O–H groups in total. The highest BCUT2D eigenvalue weighted by atomic mass is 16.3. The molecule has 1 heterocycles. The molecule has 0 fully saturated rings. The number of nitrogens with zero attached hydrogens (tertiary/aromatic N) is 1. The van der Waals surface area contributed by atoms with Crippen molar-refractivity contribution in [1.82, 2.24) is 0 Å². The maximum atomic E-state index is 6.84. The third kappa shape index (κ3) is 4.87. The number of rotatable bonds is 5. The van der Waals surface area contributed by atoms with Gasteiger partial charge in [-0.05, 0) is 103 Å². The van der Waals surface area contributed by atoms with Crippen molar-refractivity contribution in [2.24, 2.45) is 10.7 Å². The van der Waals surface area contributed by atoms with Gasteiger partial charge in [0.1, 0.15) is 11.2 Å². The van der Waals surface area contributed by atoms with Crippen molar-refractivity contribution in [1.29, 1.82) is 0 Å². The van der Waals surface area contributed by atoms with Crippen LogP contribution in [0, 0.1) is 0 Å². The molecule has 12 rings (SSSR count). The zero-order valence-electron chi connectivity index (χ0n) is 32.2. The van der Waals surface area contributed by atoms with E-state index in [1.54, 1.807) is 0 Å². The Morgan fingerprint density at radius 2 is 1.12 bits per heavy atom. The zero-order valence-corrected chi connectivity index (χ0v) is 32.2. The molecule has 1 aromatic heterocycles. The first-order valence-corrected chi connectivity index (χ1v) is 20.0.